The topological polar surface area (TPSA) is 55.8 Å². The maximum atomic E-state index is 10.5. The van der Waals surface area contributed by atoms with Crippen molar-refractivity contribution in [2.24, 2.45) is 0 Å². The maximum absolute atomic E-state index is 10.5. The summed E-state index contributed by atoms with van der Waals surface area (Å²) in [5.74, 6) is 0.570. The van der Waals surface area contributed by atoms with Gasteiger partial charge in [-0.15, -0.1) is 0 Å². The zero-order valence-corrected chi connectivity index (χ0v) is 9.26. The van der Waals surface area contributed by atoms with Crippen LogP contribution in [0.2, 0.25) is 0 Å². The average molecular weight is 224 g/mol. The third-order valence-electron chi connectivity index (χ3n) is 1.95. The predicted molar refractivity (Wildman–Crippen MR) is 59.8 cm³/mol. The molecule has 0 spiro atoms. The van der Waals surface area contributed by atoms with E-state index in [0.29, 0.717) is 17.9 Å². The summed E-state index contributed by atoms with van der Waals surface area (Å²) < 4.78 is 10.4. The molecule has 88 valence electrons. The first kappa shape index (κ1) is 12.7. The van der Waals surface area contributed by atoms with E-state index in [1.807, 2.05) is 6.92 Å². The second kappa shape index (κ2) is 6.98. The average Bonchev–Trinajstić information content (AvgIpc) is 2.34. The zero-order valence-electron chi connectivity index (χ0n) is 9.26. The molecule has 4 heteroatoms. The fourth-order valence-corrected chi connectivity index (χ4v) is 1.17. The first-order chi connectivity index (χ1) is 7.76. The molecule has 0 aliphatic heterocycles. The van der Waals surface area contributed by atoms with Gasteiger partial charge in [-0.25, -0.2) is 0 Å². The van der Waals surface area contributed by atoms with Crippen LogP contribution in [-0.4, -0.2) is 37.3 Å². The van der Waals surface area contributed by atoms with Gasteiger partial charge in [-0.3, -0.25) is 4.79 Å². The van der Waals surface area contributed by atoms with Crippen LogP contribution >= 0.6 is 0 Å². The van der Waals surface area contributed by atoms with E-state index in [9.17, 15) is 9.90 Å². The highest BCUT2D eigenvalue weighted by Gasteiger charge is 2.05. The van der Waals surface area contributed by atoms with Crippen LogP contribution in [0.5, 0.6) is 5.75 Å². The second-order valence-electron chi connectivity index (χ2n) is 3.31. The lowest BCUT2D eigenvalue weighted by molar-refractivity contribution is 0.0164. The maximum Gasteiger partial charge on any atom is 0.150 e. The van der Waals surface area contributed by atoms with Crippen LogP contribution in [0.15, 0.2) is 24.3 Å². The third-order valence-corrected chi connectivity index (χ3v) is 1.95. The van der Waals surface area contributed by atoms with Crippen LogP contribution in [0.25, 0.3) is 0 Å². The predicted octanol–water partition coefficient (Wildman–Crippen LogP) is 1.28. The van der Waals surface area contributed by atoms with Crippen molar-refractivity contribution in [2.75, 3.05) is 19.8 Å². The van der Waals surface area contributed by atoms with Gasteiger partial charge < -0.3 is 14.6 Å². The number of benzene rings is 1. The number of aliphatic hydroxyl groups excluding tert-OH is 1. The molecule has 0 aromatic heterocycles. The van der Waals surface area contributed by atoms with E-state index in [1.54, 1.807) is 24.3 Å². The zero-order chi connectivity index (χ0) is 11.8. The van der Waals surface area contributed by atoms with Crippen molar-refractivity contribution in [1.82, 2.24) is 0 Å². The molecule has 1 aromatic rings. The molecule has 0 saturated carbocycles. The fraction of sp³-hybridized carbons (Fsp3) is 0.417. The van der Waals surface area contributed by atoms with Gasteiger partial charge in [0.25, 0.3) is 0 Å². The molecule has 1 N–H and O–H groups in total. The monoisotopic (exact) mass is 224 g/mol. The summed E-state index contributed by atoms with van der Waals surface area (Å²) in [6.07, 6.45) is 0.101. The van der Waals surface area contributed by atoms with Crippen molar-refractivity contribution in [1.29, 1.82) is 0 Å². The normalized spacial score (nSPS) is 12.1. The first-order valence-corrected chi connectivity index (χ1v) is 5.20. The largest absolute Gasteiger partial charge is 0.491 e. The minimum atomic E-state index is -0.653. The third kappa shape index (κ3) is 4.42. The molecule has 0 amide bonds. The molecule has 16 heavy (non-hydrogen) atoms. The molecule has 0 fully saturated rings. The highest BCUT2D eigenvalue weighted by molar-refractivity contribution is 5.75. The number of carbonyl (C=O) groups is 1. The highest BCUT2D eigenvalue weighted by atomic mass is 16.5. The minimum absolute atomic E-state index is 0.155. The number of rotatable bonds is 7. The molecule has 0 bridgehead atoms. The summed E-state index contributed by atoms with van der Waals surface area (Å²) in [6, 6.07) is 6.78. The summed E-state index contributed by atoms with van der Waals surface area (Å²) in [7, 11) is 0. The molecule has 1 aromatic carbocycles. The van der Waals surface area contributed by atoms with Crippen molar-refractivity contribution in [3.63, 3.8) is 0 Å². The Morgan fingerprint density at radius 3 is 2.94 bits per heavy atom. The Morgan fingerprint density at radius 2 is 2.25 bits per heavy atom. The Hall–Kier alpha value is -1.39. The van der Waals surface area contributed by atoms with Gasteiger partial charge in [0, 0.05) is 12.2 Å². The Kier molecular flexibility index (Phi) is 5.53. The quantitative estimate of drug-likeness (QED) is 0.709. The summed E-state index contributed by atoms with van der Waals surface area (Å²) in [6.45, 7) is 2.84. The van der Waals surface area contributed by atoms with Crippen LogP contribution in [0.1, 0.15) is 17.3 Å². The van der Waals surface area contributed by atoms with Crippen LogP contribution in [-0.2, 0) is 4.74 Å². The molecule has 1 unspecified atom stereocenters. The van der Waals surface area contributed by atoms with E-state index in [-0.39, 0.29) is 13.2 Å². The van der Waals surface area contributed by atoms with E-state index in [1.165, 1.54) is 0 Å². The molecule has 0 saturated heterocycles. The van der Waals surface area contributed by atoms with Crippen LogP contribution in [0, 0.1) is 0 Å². The lowest BCUT2D eigenvalue weighted by Gasteiger charge is -2.12. The summed E-state index contributed by atoms with van der Waals surface area (Å²) in [5, 5.41) is 9.45. The van der Waals surface area contributed by atoms with E-state index < -0.39 is 6.10 Å². The van der Waals surface area contributed by atoms with E-state index in [4.69, 9.17) is 9.47 Å². The van der Waals surface area contributed by atoms with Crippen LogP contribution in [0.4, 0.5) is 0 Å². The van der Waals surface area contributed by atoms with E-state index in [0.717, 1.165) is 6.29 Å². The summed E-state index contributed by atoms with van der Waals surface area (Å²) in [4.78, 5) is 10.5. The van der Waals surface area contributed by atoms with Gasteiger partial charge >= 0.3 is 0 Å². The smallest absolute Gasteiger partial charge is 0.150 e. The molecular formula is C12H16O4. The van der Waals surface area contributed by atoms with Crippen molar-refractivity contribution >= 4 is 6.29 Å². The number of aliphatic hydroxyl groups is 1. The van der Waals surface area contributed by atoms with Crippen molar-refractivity contribution in [3.8, 4) is 5.75 Å². The second-order valence-corrected chi connectivity index (χ2v) is 3.31. The summed E-state index contributed by atoms with van der Waals surface area (Å²) in [5.41, 5.74) is 0.553. The number of carbonyl (C=O) groups excluding carboxylic acids is 1. The lowest BCUT2D eigenvalue weighted by atomic mass is 10.2. The van der Waals surface area contributed by atoms with Gasteiger partial charge in [-0.05, 0) is 19.1 Å². The minimum Gasteiger partial charge on any atom is -0.491 e. The van der Waals surface area contributed by atoms with Gasteiger partial charge in [0.15, 0.2) is 0 Å². The first-order valence-electron chi connectivity index (χ1n) is 5.20. The molecule has 0 aliphatic carbocycles. The number of hydrogen-bond donors (Lipinski definition) is 1. The molecule has 0 aliphatic rings. The highest BCUT2D eigenvalue weighted by Crippen LogP contribution is 2.12. The van der Waals surface area contributed by atoms with Gasteiger partial charge in [0.1, 0.15) is 24.7 Å². The Labute approximate surface area is 94.8 Å². The van der Waals surface area contributed by atoms with Crippen molar-refractivity contribution in [2.45, 2.75) is 13.0 Å². The van der Waals surface area contributed by atoms with E-state index in [2.05, 4.69) is 0 Å². The summed E-state index contributed by atoms with van der Waals surface area (Å²) >= 11 is 0. The van der Waals surface area contributed by atoms with Gasteiger partial charge in [-0.1, -0.05) is 12.1 Å². The van der Waals surface area contributed by atoms with Crippen LogP contribution < -0.4 is 4.74 Å². The molecular weight excluding hydrogens is 208 g/mol. The molecule has 0 heterocycles. The SMILES string of the molecule is CCOCC(O)COc1cccc(C=O)c1. The number of aldehydes is 1. The van der Waals surface area contributed by atoms with Gasteiger partial charge in [0.05, 0.1) is 6.61 Å². The fourth-order valence-electron chi connectivity index (χ4n) is 1.17. The van der Waals surface area contributed by atoms with Gasteiger partial charge in [-0.2, -0.15) is 0 Å². The lowest BCUT2D eigenvalue weighted by Crippen LogP contribution is -2.23. The number of ether oxygens (including phenoxy) is 2. The molecule has 4 nitrogen and oxygen atoms in total. The van der Waals surface area contributed by atoms with Crippen molar-refractivity contribution < 1.29 is 19.4 Å². The number of hydrogen-bond acceptors (Lipinski definition) is 4. The van der Waals surface area contributed by atoms with E-state index >= 15 is 0 Å². The Morgan fingerprint density at radius 1 is 1.44 bits per heavy atom. The standard InChI is InChI=1S/C12H16O4/c1-2-15-8-11(14)9-16-12-5-3-4-10(6-12)7-13/h3-7,11,14H,2,8-9H2,1H3. The molecule has 1 atom stereocenters. The van der Waals surface area contributed by atoms with Gasteiger partial charge in [0.2, 0.25) is 0 Å². The Bertz CT molecular complexity index is 325. The molecule has 1 rings (SSSR count). The molecule has 0 radical (unpaired) electrons. The van der Waals surface area contributed by atoms with Crippen LogP contribution in [0.3, 0.4) is 0 Å². The van der Waals surface area contributed by atoms with Crippen molar-refractivity contribution in [3.05, 3.63) is 29.8 Å². The Balaban J connectivity index is 2.38.